The molecule has 1 N–H and O–H groups in total. The maximum absolute atomic E-state index is 13.3. The van der Waals surface area contributed by atoms with Crippen LogP contribution in [0.1, 0.15) is 18.4 Å². The fraction of sp³-hybridized carbons (Fsp3) is 0.538. The van der Waals surface area contributed by atoms with E-state index in [0.717, 1.165) is 32.2 Å². The number of hydrogen-bond donors (Lipinski definition) is 1. The van der Waals surface area contributed by atoms with Crippen molar-refractivity contribution in [1.82, 2.24) is 10.2 Å². The number of halogens is 3. The zero-order chi connectivity index (χ0) is 13.0. The Labute approximate surface area is 105 Å². The fourth-order valence-corrected chi connectivity index (χ4v) is 2.17. The number of rotatable bonds is 5. The summed E-state index contributed by atoms with van der Waals surface area (Å²) in [6.07, 6.45) is 2.47. The topological polar surface area (TPSA) is 15.3 Å². The van der Waals surface area contributed by atoms with Crippen molar-refractivity contribution in [1.29, 1.82) is 0 Å². The first-order valence-electron chi connectivity index (χ1n) is 6.24. The zero-order valence-corrected chi connectivity index (χ0v) is 10.2. The molecule has 0 amide bonds. The zero-order valence-electron chi connectivity index (χ0n) is 10.2. The minimum atomic E-state index is -1.39. The van der Waals surface area contributed by atoms with Crippen LogP contribution < -0.4 is 5.32 Å². The van der Waals surface area contributed by atoms with Gasteiger partial charge in [-0.1, -0.05) is 6.07 Å². The van der Waals surface area contributed by atoms with E-state index in [1.165, 1.54) is 18.9 Å². The average molecular weight is 258 g/mol. The van der Waals surface area contributed by atoms with Gasteiger partial charge in [0.05, 0.1) is 0 Å². The van der Waals surface area contributed by atoms with Gasteiger partial charge in [-0.3, -0.25) is 0 Å². The highest BCUT2D eigenvalue weighted by molar-refractivity contribution is 5.20. The number of nitrogens with one attached hydrogen (secondary N) is 1. The summed E-state index contributed by atoms with van der Waals surface area (Å²) in [6, 6.07) is 2.23. The van der Waals surface area contributed by atoms with Crippen LogP contribution in [0.25, 0.3) is 0 Å². The third kappa shape index (κ3) is 3.23. The Morgan fingerprint density at radius 2 is 1.78 bits per heavy atom. The van der Waals surface area contributed by atoms with E-state index in [1.54, 1.807) is 0 Å². The van der Waals surface area contributed by atoms with Crippen molar-refractivity contribution in [2.45, 2.75) is 19.4 Å². The summed E-state index contributed by atoms with van der Waals surface area (Å²) >= 11 is 0. The molecule has 1 aromatic carbocycles. The Morgan fingerprint density at radius 3 is 2.50 bits per heavy atom. The molecule has 1 fully saturated rings. The van der Waals surface area contributed by atoms with Gasteiger partial charge in [0.1, 0.15) is 0 Å². The van der Waals surface area contributed by atoms with Crippen LogP contribution in [-0.2, 0) is 6.54 Å². The maximum Gasteiger partial charge on any atom is 0.194 e. The molecule has 0 radical (unpaired) electrons. The molecule has 1 saturated heterocycles. The molecule has 0 spiro atoms. The van der Waals surface area contributed by atoms with Crippen molar-refractivity contribution in [3.05, 3.63) is 35.1 Å². The lowest BCUT2D eigenvalue weighted by Gasteiger charge is -2.14. The van der Waals surface area contributed by atoms with E-state index in [1.807, 2.05) is 0 Å². The Balaban J connectivity index is 1.77. The molecule has 0 bridgehead atoms. The van der Waals surface area contributed by atoms with Gasteiger partial charge in [0.25, 0.3) is 0 Å². The van der Waals surface area contributed by atoms with E-state index in [9.17, 15) is 13.2 Å². The van der Waals surface area contributed by atoms with Gasteiger partial charge >= 0.3 is 0 Å². The van der Waals surface area contributed by atoms with Crippen molar-refractivity contribution < 1.29 is 13.2 Å². The summed E-state index contributed by atoms with van der Waals surface area (Å²) in [5.74, 6) is -3.63. The first kappa shape index (κ1) is 13.4. The molecule has 0 aromatic heterocycles. The summed E-state index contributed by atoms with van der Waals surface area (Å²) in [6.45, 7) is 4.07. The smallest absolute Gasteiger partial charge is 0.194 e. The predicted octanol–water partition coefficient (Wildman–Crippen LogP) is 2.29. The van der Waals surface area contributed by atoms with Crippen molar-refractivity contribution in [3.63, 3.8) is 0 Å². The van der Waals surface area contributed by atoms with Crippen LogP contribution in [0.3, 0.4) is 0 Å². The van der Waals surface area contributed by atoms with Crippen LogP contribution in [0, 0.1) is 17.5 Å². The molecule has 1 aromatic rings. The van der Waals surface area contributed by atoms with E-state index in [2.05, 4.69) is 10.2 Å². The summed E-state index contributed by atoms with van der Waals surface area (Å²) < 4.78 is 39.0. The van der Waals surface area contributed by atoms with Gasteiger partial charge in [-0.25, -0.2) is 13.2 Å². The Morgan fingerprint density at radius 1 is 1.06 bits per heavy atom. The number of nitrogens with zero attached hydrogens (tertiary/aromatic N) is 1. The third-order valence-electron chi connectivity index (χ3n) is 3.23. The normalized spacial score (nSPS) is 16.4. The minimum Gasteiger partial charge on any atom is -0.311 e. The predicted molar refractivity (Wildman–Crippen MR) is 63.7 cm³/mol. The molecular formula is C13H17F3N2. The molecule has 1 heterocycles. The van der Waals surface area contributed by atoms with Gasteiger partial charge in [-0.05, 0) is 32.0 Å². The van der Waals surface area contributed by atoms with Gasteiger partial charge < -0.3 is 10.2 Å². The van der Waals surface area contributed by atoms with Crippen molar-refractivity contribution in [2.75, 3.05) is 26.2 Å². The van der Waals surface area contributed by atoms with Crippen LogP contribution in [0.5, 0.6) is 0 Å². The second kappa shape index (κ2) is 6.20. The number of benzene rings is 1. The summed E-state index contributed by atoms with van der Waals surface area (Å²) in [4.78, 5) is 2.33. The van der Waals surface area contributed by atoms with Gasteiger partial charge in [0.15, 0.2) is 17.5 Å². The lowest BCUT2D eigenvalue weighted by Crippen LogP contribution is -2.29. The first-order chi connectivity index (χ1) is 8.68. The standard InChI is InChI=1S/C13H17F3N2/c14-11-4-3-10(12(15)13(11)16)9-17-5-8-18-6-1-2-7-18/h3-4,17H,1-2,5-9H2. The largest absolute Gasteiger partial charge is 0.311 e. The van der Waals surface area contributed by atoms with Gasteiger partial charge in [-0.15, -0.1) is 0 Å². The van der Waals surface area contributed by atoms with E-state index >= 15 is 0 Å². The number of hydrogen-bond acceptors (Lipinski definition) is 2. The van der Waals surface area contributed by atoms with E-state index in [-0.39, 0.29) is 12.1 Å². The van der Waals surface area contributed by atoms with Gasteiger partial charge in [-0.2, -0.15) is 0 Å². The lowest BCUT2D eigenvalue weighted by molar-refractivity contribution is 0.335. The Bertz CT molecular complexity index is 403. The third-order valence-corrected chi connectivity index (χ3v) is 3.23. The van der Waals surface area contributed by atoms with Crippen LogP contribution >= 0.6 is 0 Å². The fourth-order valence-electron chi connectivity index (χ4n) is 2.17. The highest BCUT2D eigenvalue weighted by atomic mass is 19.2. The second-order valence-corrected chi connectivity index (χ2v) is 4.56. The molecule has 5 heteroatoms. The molecular weight excluding hydrogens is 241 g/mol. The van der Waals surface area contributed by atoms with Crippen LogP contribution in [0.4, 0.5) is 13.2 Å². The lowest BCUT2D eigenvalue weighted by atomic mass is 10.2. The van der Waals surface area contributed by atoms with E-state index in [4.69, 9.17) is 0 Å². The Hall–Kier alpha value is -1.07. The van der Waals surface area contributed by atoms with E-state index < -0.39 is 17.5 Å². The maximum atomic E-state index is 13.3. The van der Waals surface area contributed by atoms with Crippen molar-refractivity contribution in [3.8, 4) is 0 Å². The monoisotopic (exact) mass is 258 g/mol. The quantitative estimate of drug-likeness (QED) is 0.644. The molecule has 1 aliphatic rings. The van der Waals surface area contributed by atoms with Crippen LogP contribution in [0.15, 0.2) is 12.1 Å². The van der Waals surface area contributed by atoms with Crippen LogP contribution in [0.2, 0.25) is 0 Å². The molecule has 1 aliphatic heterocycles. The van der Waals surface area contributed by atoms with Crippen LogP contribution in [-0.4, -0.2) is 31.1 Å². The van der Waals surface area contributed by atoms with E-state index in [0.29, 0.717) is 0 Å². The average Bonchev–Trinajstić information content (AvgIpc) is 2.87. The highest BCUT2D eigenvalue weighted by Crippen LogP contribution is 2.14. The van der Waals surface area contributed by atoms with Gasteiger partial charge in [0, 0.05) is 25.2 Å². The molecule has 100 valence electrons. The SMILES string of the molecule is Fc1ccc(CNCCN2CCCC2)c(F)c1F. The molecule has 0 atom stereocenters. The highest BCUT2D eigenvalue weighted by Gasteiger charge is 2.13. The summed E-state index contributed by atoms with van der Waals surface area (Å²) in [7, 11) is 0. The van der Waals surface area contributed by atoms with Crippen molar-refractivity contribution >= 4 is 0 Å². The van der Waals surface area contributed by atoms with Crippen molar-refractivity contribution in [2.24, 2.45) is 0 Å². The number of likely N-dealkylation sites (tertiary alicyclic amines) is 1. The molecule has 0 aliphatic carbocycles. The second-order valence-electron chi connectivity index (χ2n) is 4.56. The Kier molecular flexibility index (Phi) is 4.60. The first-order valence-corrected chi connectivity index (χ1v) is 6.24. The molecule has 0 unspecified atom stereocenters. The summed E-state index contributed by atoms with van der Waals surface area (Å²) in [5, 5.41) is 3.05. The van der Waals surface area contributed by atoms with Gasteiger partial charge in [0.2, 0.25) is 0 Å². The minimum absolute atomic E-state index is 0.162. The molecule has 2 rings (SSSR count). The summed E-state index contributed by atoms with van der Waals surface area (Å²) in [5.41, 5.74) is 0.162. The molecule has 0 saturated carbocycles. The molecule has 2 nitrogen and oxygen atoms in total. The molecule has 18 heavy (non-hydrogen) atoms.